The summed E-state index contributed by atoms with van der Waals surface area (Å²) in [6.07, 6.45) is 3.80. The van der Waals surface area contributed by atoms with Gasteiger partial charge in [0.05, 0.1) is 5.52 Å². The maximum atomic E-state index is 6.54. The number of hydrogen-bond acceptors (Lipinski definition) is 3. The van der Waals surface area contributed by atoms with Crippen molar-refractivity contribution < 1.29 is 0 Å². The van der Waals surface area contributed by atoms with E-state index >= 15 is 0 Å². The topological polar surface area (TPSA) is 50.9 Å². The van der Waals surface area contributed by atoms with Crippen molar-refractivity contribution in [2.45, 2.75) is 32.2 Å². The number of nitrogens with zero attached hydrogens (tertiary/aromatic N) is 1. The number of rotatable bonds is 6. The van der Waals surface area contributed by atoms with Gasteiger partial charge in [-0.2, -0.15) is 0 Å². The Kier molecular flexibility index (Phi) is 4.97. The molecule has 20 heavy (non-hydrogen) atoms. The molecule has 0 radical (unpaired) electrons. The molecule has 0 fully saturated rings. The number of benzene rings is 1. The summed E-state index contributed by atoms with van der Waals surface area (Å²) in [6, 6.07) is 7.80. The SMILES string of the molecule is CCNCCCC(C)(N)c1ccnc2cc(Cl)ccc12. The van der Waals surface area contributed by atoms with Gasteiger partial charge in [-0.15, -0.1) is 0 Å². The van der Waals surface area contributed by atoms with E-state index in [1.807, 2.05) is 30.5 Å². The lowest BCUT2D eigenvalue weighted by molar-refractivity contribution is 0.432. The van der Waals surface area contributed by atoms with Crippen LogP contribution in [0.25, 0.3) is 10.9 Å². The molecule has 0 aliphatic carbocycles. The molecular formula is C16H22ClN3. The van der Waals surface area contributed by atoms with Crippen molar-refractivity contribution in [1.29, 1.82) is 0 Å². The quantitative estimate of drug-likeness (QED) is 0.802. The highest BCUT2D eigenvalue weighted by atomic mass is 35.5. The number of aromatic nitrogens is 1. The Hall–Kier alpha value is -1.16. The summed E-state index contributed by atoms with van der Waals surface area (Å²) in [4.78, 5) is 4.37. The van der Waals surface area contributed by atoms with Crippen LogP contribution in [-0.2, 0) is 5.54 Å². The van der Waals surface area contributed by atoms with Crippen LogP contribution in [0.3, 0.4) is 0 Å². The average Bonchev–Trinajstić information content (AvgIpc) is 2.42. The molecule has 3 nitrogen and oxygen atoms in total. The molecule has 0 aliphatic heterocycles. The van der Waals surface area contributed by atoms with Crippen LogP contribution in [0.15, 0.2) is 30.5 Å². The largest absolute Gasteiger partial charge is 0.322 e. The molecule has 2 rings (SSSR count). The Morgan fingerprint density at radius 1 is 1.35 bits per heavy atom. The van der Waals surface area contributed by atoms with Crippen molar-refractivity contribution in [2.24, 2.45) is 5.73 Å². The molecule has 0 amide bonds. The number of hydrogen-bond donors (Lipinski definition) is 2. The minimum Gasteiger partial charge on any atom is -0.322 e. The van der Waals surface area contributed by atoms with Crippen LogP contribution in [0, 0.1) is 0 Å². The first-order chi connectivity index (χ1) is 9.54. The Morgan fingerprint density at radius 2 is 2.15 bits per heavy atom. The van der Waals surface area contributed by atoms with Gasteiger partial charge in [0.15, 0.2) is 0 Å². The summed E-state index contributed by atoms with van der Waals surface area (Å²) >= 11 is 6.02. The predicted octanol–water partition coefficient (Wildman–Crippen LogP) is 3.45. The van der Waals surface area contributed by atoms with Gasteiger partial charge in [0.1, 0.15) is 0 Å². The second-order valence-corrected chi connectivity index (χ2v) is 5.83. The van der Waals surface area contributed by atoms with Crippen LogP contribution in [-0.4, -0.2) is 18.1 Å². The van der Waals surface area contributed by atoms with Gasteiger partial charge in [-0.05, 0) is 56.6 Å². The van der Waals surface area contributed by atoms with Gasteiger partial charge >= 0.3 is 0 Å². The second kappa shape index (κ2) is 6.53. The first-order valence-electron chi connectivity index (χ1n) is 7.09. The molecule has 3 N–H and O–H groups in total. The monoisotopic (exact) mass is 291 g/mol. The summed E-state index contributed by atoms with van der Waals surface area (Å²) in [5.74, 6) is 0. The molecule has 1 aromatic heterocycles. The first-order valence-corrected chi connectivity index (χ1v) is 7.47. The maximum Gasteiger partial charge on any atom is 0.0720 e. The molecular weight excluding hydrogens is 270 g/mol. The smallest absolute Gasteiger partial charge is 0.0720 e. The number of fused-ring (bicyclic) bond motifs is 1. The minimum absolute atomic E-state index is 0.357. The highest BCUT2D eigenvalue weighted by Crippen LogP contribution is 2.30. The molecule has 2 aromatic rings. The fourth-order valence-electron chi connectivity index (χ4n) is 2.51. The summed E-state index contributed by atoms with van der Waals surface area (Å²) in [5, 5.41) is 5.12. The van der Waals surface area contributed by atoms with E-state index < -0.39 is 0 Å². The van der Waals surface area contributed by atoms with Gasteiger partial charge in [-0.3, -0.25) is 4.98 Å². The van der Waals surface area contributed by atoms with E-state index in [0.29, 0.717) is 5.02 Å². The van der Waals surface area contributed by atoms with E-state index in [1.54, 1.807) is 0 Å². The number of halogens is 1. The normalized spacial score (nSPS) is 14.4. The van der Waals surface area contributed by atoms with Crippen LogP contribution < -0.4 is 11.1 Å². The minimum atomic E-state index is -0.357. The lowest BCUT2D eigenvalue weighted by Gasteiger charge is -2.26. The molecule has 1 aromatic carbocycles. The Morgan fingerprint density at radius 3 is 2.90 bits per heavy atom. The van der Waals surface area contributed by atoms with E-state index in [-0.39, 0.29) is 5.54 Å². The van der Waals surface area contributed by atoms with Gasteiger partial charge in [0, 0.05) is 22.1 Å². The van der Waals surface area contributed by atoms with Gasteiger partial charge < -0.3 is 11.1 Å². The Bertz CT molecular complexity index is 581. The van der Waals surface area contributed by atoms with Crippen LogP contribution in [0.2, 0.25) is 5.02 Å². The van der Waals surface area contributed by atoms with Gasteiger partial charge in [0.2, 0.25) is 0 Å². The lowest BCUT2D eigenvalue weighted by Crippen LogP contribution is -2.34. The molecule has 0 aliphatic rings. The van der Waals surface area contributed by atoms with Crippen LogP contribution in [0.5, 0.6) is 0 Å². The van der Waals surface area contributed by atoms with Gasteiger partial charge in [-0.25, -0.2) is 0 Å². The van der Waals surface area contributed by atoms with Crippen molar-refractivity contribution in [2.75, 3.05) is 13.1 Å². The summed E-state index contributed by atoms with van der Waals surface area (Å²) < 4.78 is 0. The molecule has 1 heterocycles. The Labute approximate surface area is 125 Å². The molecule has 0 saturated carbocycles. The third-order valence-corrected chi connectivity index (χ3v) is 3.85. The molecule has 1 unspecified atom stereocenters. The fourth-order valence-corrected chi connectivity index (χ4v) is 2.68. The zero-order valence-electron chi connectivity index (χ0n) is 12.1. The molecule has 0 saturated heterocycles. The van der Waals surface area contributed by atoms with E-state index in [9.17, 15) is 0 Å². The van der Waals surface area contributed by atoms with Gasteiger partial charge in [0.25, 0.3) is 0 Å². The third kappa shape index (κ3) is 3.48. The average molecular weight is 292 g/mol. The molecule has 1 atom stereocenters. The van der Waals surface area contributed by atoms with Gasteiger partial charge in [-0.1, -0.05) is 24.6 Å². The van der Waals surface area contributed by atoms with Crippen LogP contribution >= 0.6 is 11.6 Å². The number of pyridine rings is 1. The predicted molar refractivity (Wildman–Crippen MR) is 86.1 cm³/mol. The summed E-state index contributed by atoms with van der Waals surface area (Å²) in [6.45, 7) is 6.19. The summed E-state index contributed by atoms with van der Waals surface area (Å²) in [7, 11) is 0. The van der Waals surface area contributed by atoms with E-state index in [0.717, 1.165) is 42.4 Å². The molecule has 0 bridgehead atoms. The van der Waals surface area contributed by atoms with E-state index in [4.69, 9.17) is 17.3 Å². The highest BCUT2D eigenvalue weighted by Gasteiger charge is 2.23. The standard InChI is InChI=1S/C16H22ClN3/c1-3-19-9-4-8-16(2,18)14-7-10-20-15-11-12(17)5-6-13(14)15/h5-7,10-11,19H,3-4,8-9,18H2,1-2H3. The van der Waals surface area contributed by atoms with Crippen molar-refractivity contribution in [3.8, 4) is 0 Å². The molecule has 0 spiro atoms. The maximum absolute atomic E-state index is 6.54. The number of nitrogens with one attached hydrogen (secondary N) is 1. The summed E-state index contributed by atoms with van der Waals surface area (Å²) in [5.41, 5.74) is 8.22. The lowest BCUT2D eigenvalue weighted by atomic mass is 9.86. The van der Waals surface area contributed by atoms with Crippen molar-refractivity contribution in [3.63, 3.8) is 0 Å². The van der Waals surface area contributed by atoms with E-state index in [1.165, 1.54) is 0 Å². The van der Waals surface area contributed by atoms with Crippen molar-refractivity contribution in [1.82, 2.24) is 10.3 Å². The first kappa shape index (κ1) is 15.2. The van der Waals surface area contributed by atoms with Crippen molar-refractivity contribution in [3.05, 3.63) is 41.0 Å². The number of nitrogens with two attached hydrogens (primary N) is 1. The van der Waals surface area contributed by atoms with Crippen LogP contribution in [0.4, 0.5) is 0 Å². The molecule has 4 heteroatoms. The van der Waals surface area contributed by atoms with Crippen molar-refractivity contribution >= 4 is 22.5 Å². The second-order valence-electron chi connectivity index (χ2n) is 5.39. The third-order valence-electron chi connectivity index (χ3n) is 3.62. The van der Waals surface area contributed by atoms with E-state index in [2.05, 4.69) is 24.1 Å². The Balaban J connectivity index is 2.26. The zero-order chi connectivity index (χ0) is 14.6. The fraction of sp³-hybridized carbons (Fsp3) is 0.438. The zero-order valence-corrected chi connectivity index (χ0v) is 12.9. The molecule has 108 valence electrons. The van der Waals surface area contributed by atoms with Crippen LogP contribution in [0.1, 0.15) is 32.3 Å². The highest BCUT2D eigenvalue weighted by molar-refractivity contribution is 6.31.